The first-order chi connectivity index (χ1) is 8.69. The second kappa shape index (κ2) is 5.91. The van der Waals surface area contributed by atoms with Crippen LogP contribution in [0.15, 0.2) is 11.6 Å². The van der Waals surface area contributed by atoms with Crippen LogP contribution < -0.4 is 5.32 Å². The number of aryl methyl sites for hydroxylation is 3. The van der Waals surface area contributed by atoms with Crippen LogP contribution in [0.25, 0.3) is 0 Å². The normalized spacial score (nSPS) is 10.6. The average Bonchev–Trinajstić information content (AvgIpc) is 2.81. The molecular formula is C13H18N4S. The van der Waals surface area contributed by atoms with Crippen molar-refractivity contribution in [3.63, 3.8) is 0 Å². The third kappa shape index (κ3) is 3.26. The Labute approximate surface area is 112 Å². The number of aromatic nitrogens is 3. The molecule has 0 saturated carbocycles. The lowest BCUT2D eigenvalue weighted by molar-refractivity contribution is 0.932. The summed E-state index contributed by atoms with van der Waals surface area (Å²) in [6.45, 7) is 6.90. The molecule has 2 rings (SSSR count). The number of anilines is 1. The summed E-state index contributed by atoms with van der Waals surface area (Å²) in [6, 6.07) is 0. The number of thiazole rings is 1. The second-order valence-electron chi connectivity index (χ2n) is 4.21. The smallest absolute Gasteiger partial charge is 0.132 e. The van der Waals surface area contributed by atoms with Crippen LogP contribution in [-0.4, -0.2) is 21.5 Å². The fraction of sp³-hybridized carbons (Fsp3) is 0.462. The minimum absolute atomic E-state index is 0.796. The van der Waals surface area contributed by atoms with E-state index >= 15 is 0 Å². The van der Waals surface area contributed by atoms with E-state index in [4.69, 9.17) is 0 Å². The summed E-state index contributed by atoms with van der Waals surface area (Å²) in [6.07, 6.45) is 3.80. The second-order valence-corrected chi connectivity index (χ2v) is 5.15. The largest absolute Gasteiger partial charge is 0.369 e. The van der Waals surface area contributed by atoms with Crippen LogP contribution in [0.4, 0.5) is 5.82 Å². The fourth-order valence-corrected chi connectivity index (χ4v) is 2.42. The number of nitrogens with zero attached hydrogens (tertiary/aromatic N) is 3. The Kier molecular flexibility index (Phi) is 4.25. The van der Waals surface area contributed by atoms with Crippen molar-refractivity contribution in [2.24, 2.45) is 0 Å². The van der Waals surface area contributed by atoms with E-state index in [1.165, 1.54) is 5.01 Å². The van der Waals surface area contributed by atoms with Crippen molar-refractivity contribution in [1.82, 2.24) is 15.0 Å². The fourth-order valence-electron chi connectivity index (χ4n) is 1.64. The van der Waals surface area contributed by atoms with Gasteiger partial charge < -0.3 is 5.32 Å². The van der Waals surface area contributed by atoms with E-state index in [2.05, 4.69) is 32.6 Å². The summed E-state index contributed by atoms with van der Waals surface area (Å²) < 4.78 is 0. The SMILES string of the molecule is CCc1nc(CCNc2nc(C)ncc2C)cs1. The Bertz CT molecular complexity index is 521. The summed E-state index contributed by atoms with van der Waals surface area (Å²) in [4.78, 5) is 13.1. The van der Waals surface area contributed by atoms with Crippen molar-refractivity contribution in [2.75, 3.05) is 11.9 Å². The van der Waals surface area contributed by atoms with E-state index in [0.717, 1.165) is 42.3 Å². The summed E-state index contributed by atoms with van der Waals surface area (Å²) in [5.74, 6) is 1.72. The van der Waals surface area contributed by atoms with E-state index in [1.807, 2.05) is 20.0 Å². The minimum atomic E-state index is 0.796. The van der Waals surface area contributed by atoms with Gasteiger partial charge >= 0.3 is 0 Å². The third-order valence-corrected chi connectivity index (χ3v) is 3.71. The van der Waals surface area contributed by atoms with Gasteiger partial charge in [0, 0.05) is 30.1 Å². The highest BCUT2D eigenvalue weighted by Gasteiger charge is 2.03. The summed E-state index contributed by atoms with van der Waals surface area (Å²) >= 11 is 1.74. The Morgan fingerprint density at radius 1 is 1.28 bits per heavy atom. The van der Waals surface area contributed by atoms with Crippen molar-refractivity contribution in [1.29, 1.82) is 0 Å². The maximum Gasteiger partial charge on any atom is 0.132 e. The molecule has 0 saturated heterocycles. The lowest BCUT2D eigenvalue weighted by Crippen LogP contribution is -2.09. The molecule has 96 valence electrons. The van der Waals surface area contributed by atoms with Gasteiger partial charge in [-0.3, -0.25) is 0 Å². The first kappa shape index (κ1) is 13.0. The van der Waals surface area contributed by atoms with Crippen LogP contribution in [0, 0.1) is 13.8 Å². The van der Waals surface area contributed by atoms with Gasteiger partial charge in [-0.1, -0.05) is 6.92 Å². The molecule has 18 heavy (non-hydrogen) atoms. The van der Waals surface area contributed by atoms with Gasteiger partial charge in [-0.25, -0.2) is 15.0 Å². The summed E-state index contributed by atoms with van der Waals surface area (Å²) in [5, 5.41) is 6.69. The lowest BCUT2D eigenvalue weighted by Gasteiger charge is -2.07. The highest BCUT2D eigenvalue weighted by atomic mass is 32.1. The standard InChI is InChI=1S/C13H18N4S/c1-4-12-17-11(8-18-12)5-6-14-13-9(2)7-15-10(3)16-13/h7-8H,4-6H2,1-3H3,(H,14,15,16). The highest BCUT2D eigenvalue weighted by molar-refractivity contribution is 7.09. The van der Waals surface area contributed by atoms with E-state index in [-0.39, 0.29) is 0 Å². The highest BCUT2D eigenvalue weighted by Crippen LogP contribution is 2.12. The average molecular weight is 262 g/mol. The zero-order chi connectivity index (χ0) is 13.0. The number of nitrogens with one attached hydrogen (secondary N) is 1. The van der Waals surface area contributed by atoms with Gasteiger partial charge in [-0.2, -0.15) is 0 Å². The first-order valence-electron chi connectivity index (χ1n) is 6.16. The molecule has 0 aliphatic rings. The van der Waals surface area contributed by atoms with Crippen LogP contribution in [0.3, 0.4) is 0 Å². The monoisotopic (exact) mass is 262 g/mol. The van der Waals surface area contributed by atoms with Gasteiger partial charge in [-0.15, -0.1) is 11.3 Å². The van der Waals surface area contributed by atoms with Crippen LogP contribution in [0.1, 0.15) is 29.0 Å². The number of rotatable bonds is 5. The molecule has 1 N–H and O–H groups in total. The molecule has 0 aromatic carbocycles. The van der Waals surface area contributed by atoms with E-state index in [0.29, 0.717) is 0 Å². The zero-order valence-corrected chi connectivity index (χ0v) is 11.8. The lowest BCUT2D eigenvalue weighted by atomic mass is 10.3. The van der Waals surface area contributed by atoms with Gasteiger partial charge in [0.15, 0.2) is 0 Å². The van der Waals surface area contributed by atoms with Crippen molar-refractivity contribution in [3.05, 3.63) is 33.7 Å². The molecule has 2 aromatic rings. The predicted octanol–water partition coefficient (Wildman–Crippen LogP) is 2.77. The van der Waals surface area contributed by atoms with Crippen molar-refractivity contribution >= 4 is 17.2 Å². The maximum atomic E-state index is 4.55. The molecule has 0 aliphatic carbocycles. The molecule has 0 atom stereocenters. The summed E-state index contributed by atoms with van der Waals surface area (Å²) in [7, 11) is 0. The van der Waals surface area contributed by atoms with Crippen LogP contribution >= 0.6 is 11.3 Å². The van der Waals surface area contributed by atoms with Gasteiger partial charge in [0.05, 0.1) is 10.7 Å². The maximum absolute atomic E-state index is 4.55. The van der Waals surface area contributed by atoms with E-state index < -0.39 is 0 Å². The molecule has 5 heteroatoms. The summed E-state index contributed by atoms with van der Waals surface area (Å²) in [5.41, 5.74) is 2.24. The Hall–Kier alpha value is -1.49. The van der Waals surface area contributed by atoms with E-state index in [1.54, 1.807) is 11.3 Å². The first-order valence-corrected chi connectivity index (χ1v) is 7.04. The van der Waals surface area contributed by atoms with Gasteiger partial charge in [0.2, 0.25) is 0 Å². The Morgan fingerprint density at radius 2 is 2.11 bits per heavy atom. The molecular weight excluding hydrogens is 244 g/mol. The van der Waals surface area contributed by atoms with Gasteiger partial charge in [0.25, 0.3) is 0 Å². The predicted molar refractivity (Wildman–Crippen MR) is 75.2 cm³/mol. The molecule has 0 radical (unpaired) electrons. The Morgan fingerprint density at radius 3 is 2.83 bits per heavy atom. The molecule has 0 unspecified atom stereocenters. The van der Waals surface area contributed by atoms with Crippen molar-refractivity contribution in [3.8, 4) is 0 Å². The number of hydrogen-bond donors (Lipinski definition) is 1. The van der Waals surface area contributed by atoms with Crippen molar-refractivity contribution < 1.29 is 0 Å². The van der Waals surface area contributed by atoms with Crippen LogP contribution in [0.2, 0.25) is 0 Å². The molecule has 2 aromatic heterocycles. The third-order valence-electron chi connectivity index (χ3n) is 2.67. The van der Waals surface area contributed by atoms with E-state index in [9.17, 15) is 0 Å². The minimum Gasteiger partial charge on any atom is -0.369 e. The molecule has 0 amide bonds. The topological polar surface area (TPSA) is 50.7 Å². The molecule has 4 nitrogen and oxygen atoms in total. The van der Waals surface area contributed by atoms with Gasteiger partial charge in [-0.05, 0) is 20.3 Å². The van der Waals surface area contributed by atoms with Gasteiger partial charge in [0.1, 0.15) is 11.6 Å². The number of hydrogen-bond acceptors (Lipinski definition) is 5. The quantitative estimate of drug-likeness (QED) is 0.900. The van der Waals surface area contributed by atoms with Crippen LogP contribution in [-0.2, 0) is 12.8 Å². The molecule has 0 spiro atoms. The molecule has 0 aliphatic heterocycles. The molecule has 2 heterocycles. The van der Waals surface area contributed by atoms with Crippen molar-refractivity contribution in [2.45, 2.75) is 33.6 Å². The molecule has 0 fully saturated rings. The zero-order valence-electron chi connectivity index (χ0n) is 11.0. The molecule has 0 bridgehead atoms. The van der Waals surface area contributed by atoms with Crippen LogP contribution in [0.5, 0.6) is 0 Å². The Balaban J connectivity index is 1.90.